The van der Waals surface area contributed by atoms with Crippen LogP contribution in [-0.2, 0) is 14.2 Å². The zero-order valence-electron chi connectivity index (χ0n) is 11.5. The zero-order valence-corrected chi connectivity index (χ0v) is 11.5. The monoisotopic (exact) mass is 265 g/mol. The molecule has 0 spiro atoms. The van der Waals surface area contributed by atoms with Crippen molar-refractivity contribution < 1.29 is 14.2 Å². The first-order valence-corrected chi connectivity index (χ1v) is 6.08. The van der Waals surface area contributed by atoms with Crippen molar-refractivity contribution in [2.24, 2.45) is 10.2 Å². The predicted octanol–water partition coefficient (Wildman–Crippen LogP) is 2.90. The Morgan fingerprint density at radius 1 is 1.32 bits per heavy atom. The molecule has 1 heterocycles. The van der Waals surface area contributed by atoms with Crippen molar-refractivity contribution in [2.45, 2.75) is 38.5 Å². The average molecular weight is 265 g/mol. The van der Waals surface area contributed by atoms with Gasteiger partial charge >= 0.3 is 6.10 Å². The fraction of sp³-hybridized carbons (Fsp3) is 0.615. The van der Waals surface area contributed by atoms with E-state index in [-0.39, 0.29) is 0 Å². The maximum atomic E-state index is 8.29. The van der Waals surface area contributed by atoms with Gasteiger partial charge in [0.1, 0.15) is 0 Å². The lowest BCUT2D eigenvalue weighted by atomic mass is 10.3. The summed E-state index contributed by atoms with van der Waals surface area (Å²) in [5.74, 6) is 0. The summed E-state index contributed by atoms with van der Waals surface area (Å²) in [7, 11) is 1.47. The van der Waals surface area contributed by atoms with Crippen LogP contribution >= 0.6 is 0 Å². The molecule has 104 valence electrons. The van der Waals surface area contributed by atoms with Gasteiger partial charge < -0.3 is 9.47 Å². The van der Waals surface area contributed by atoms with Crippen molar-refractivity contribution in [3.8, 4) is 6.07 Å². The molecule has 1 unspecified atom stereocenters. The molecule has 6 heteroatoms. The molecule has 0 saturated carbocycles. The van der Waals surface area contributed by atoms with Crippen LogP contribution < -0.4 is 0 Å². The van der Waals surface area contributed by atoms with Crippen molar-refractivity contribution in [3.63, 3.8) is 0 Å². The third-order valence-corrected chi connectivity index (χ3v) is 2.27. The van der Waals surface area contributed by atoms with E-state index in [2.05, 4.69) is 10.2 Å². The van der Waals surface area contributed by atoms with E-state index >= 15 is 0 Å². The number of nitriles is 1. The van der Waals surface area contributed by atoms with Crippen LogP contribution in [-0.4, -0.2) is 25.5 Å². The number of rotatable bonds is 7. The highest BCUT2D eigenvalue weighted by atomic mass is 16.9. The van der Waals surface area contributed by atoms with Crippen molar-refractivity contribution >= 4 is 0 Å². The largest absolute Gasteiger partial charge is 0.414 e. The van der Waals surface area contributed by atoms with E-state index < -0.39 is 11.8 Å². The van der Waals surface area contributed by atoms with Crippen molar-refractivity contribution in [1.82, 2.24) is 0 Å². The van der Waals surface area contributed by atoms with Crippen LogP contribution in [0.2, 0.25) is 0 Å². The maximum Gasteiger partial charge on any atom is 0.414 e. The molecule has 0 fully saturated rings. The SMILES string of the molecule is COC1(OCCC/C=C/C=C/C#N)N=NC(C)(C)O1. The molecule has 0 aliphatic carbocycles. The minimum absolute atomic E-state index is 0.440. The molecule has 0 amide bonds. The second-order valence-electron chi connectivity index (χ2n) is 4.38. The number of ether oxygens (including phenoxy) is 3. The van der Waals surface area contributed by atoms with E-state index in [1.54, 1.807) is 19.9 Å². The summed E-state index contributed by atoms with van der Waals surface area (Å²) < 4.78 is 16.1. The maximum absolute atomic E-state index is 8.29. The Labute approximate surface area is 113 Å². The lowest BCUT2D eigenvalue weighted by molar-refractivity contribution is -0.376. The molecule has 6 nitrogen and oxygen atoms in total. The van der Waals surface area contributed by atoms with Gasteiger partial charge in [-0.05, 0) is 26.7 Å². The number of methoxy groups -OCH3 is 1. The molecule has 0 saturated heterocycles. The summed E-state index contributed by atoms with van der Waals surface area (Å²) in [4.78, 5) is 0. The minimum atomic E-state index is -1.41. The molecule has 1 atom stereocenters. The van der Waals surface area contributed by atoms with E-state index in [4.69, 9.17) is 19.5 Å². The predicted molar refractivity (Wildman–Crippen MR) is 68.8 cm³/mol. The molecule has 19 heavy (non-hydrogen) atoms. The Kier molecular flexibility index (Phi) is 5.83. The zero-order chi connectivity index (χ0) is 14.2. The van der Waals surface area contributed by atoms with Gasteiger partial charge in [-0.15, -0.1) is 0 Å². The molecule has 0 radical (unpaired) electrons. The van der Waals surface area contributed by atoms with Crippen molar-refractivity contribution in [1.29, 1.82) is 5.26 Å². The van der Waals surface area contributed by atoms with E-state index in [1.165, 1.54) is 13.2 Å². The first kappa shape index (κ1) is 15.5. The first-order valence-electron chi connectivity index (χ1n) is 6.08. The van der Waals surface area contributed by atoms with Crippen LogP contribution in [0.5, 0.6) is 0 Å². The third kappa shape index (κ3) is 5.30. The van der Waals surface area contributed by atoms with Crippen molar-refractivity contribution in [2.75, 3.05) is 13.7 Å². The van der Waals surface area contributed by atoms with Crippen LogP contribution in [0.25, 0.3) is 0 Å². The highest BCUT2D eigenvalue weighted by Crippen LogP contribution is 2.33. The summed E-state index contributed by atoms with van der Waals surface area (Å²) >= 11 is 0. The molecule has 0 aromatic heterocycles. The Morgan fingerprint density at radius 3 is 2.68 bits per heavy atom. The van der Waals surface area contributed by atoms with Crippen LogP contribution in [0.1, 0.15) is 26.7 Å². The van der Waals surface area contributed by atoms with Crippen LogP contribution in [0.4, 0.5) is 0 Å². The van der Waals surface area contributed by atoms with Gasteiger partial charge in [0.05, 0.1) is 12.7 Å². The van der Waals surface area contributed by atoms with Gasteiger partial charge in [-0.1, -0.05) is 23.3 Å². The van der Waals surface area contributed by atoms with E-state index in [0.717, 1.165) is 12.8 Å². The second-order valence-corrected chi connectivity index (χ2v) is 4.38. The quantitative estimate of drug-likeness (QED) is 0.307. The molecule has 1 rings (SSSR count). The molecule has 0 N–H and O–H groups in total. The van der Waals surface area contributed by atoms with Crippen LogP contribution in [0.15, 0.2) is 34.5 Å². The summed E-state index contributed by atoms with van der Waals surface area (Å²) in [6.07, 6.45) is 7.10. The number of azo groups is 1. The molecule has 0 aromatic rings. The summed E-state index contributed by atoms with van der Waals surface area (Å²) in [6.45, 7) is 4.00. The van der Waals surface area contributed by atoms with Gasteiger partial charge in [0.25, 0.3) is 0 Å². The van der Waals surface area contributed by atoms with Gasteiger partial charge in [-0.25, -0.2) is 0 Å². The van der Waals surface area contributed by atoms with Gasteiger partial charge in [-0.3, -0.25) is 4.74 Å². The normalized spacial score (nSPS) is 25.4. The third-order valence-electron chi connectivity index (χ3n) is 2.27. The van der Waals surface area contributed by atoms with Crippen LogP contribution in [0, 0.1) is 11.3 Å². The van der Waals surface area contributed by atoms with Gasteiger partial charge in [0.15, 0.2) is 5.72 Å². The lowest BCUT2D eigenvalue weighted by Crippen LogP contribution is -2.38. The Morgan fingerprint density at radius 2 is 2.11 bits per heavy atom. The molecular weight excluding hydrogens is 246 g/mol. The van der Waals surface area contributed by atoms with Gasteiger partial charge in [0, 0.05) is 13.2 Å². The number of hydrogen-bond donors (Lipinski definition) is 0. The van der Waals surface area contributed by atoms with Gasteiger partial charge in [-0.2, -0.15) is 10.4 Å². The smallest absolute Gasteiger partial charge is 0.310 e. The fourth-order valence-electron chi connectivity index (χ4n) is 1.41. The molecular formula is C13H19N3O3. The molecule has 0 bridgehead atoms. The summed E-state index contributed by atoms with van der Waals surface area (Å²) in [5.41, 5.74) is -0.724. The standard InChI is InChI=1S/C13H19N3O3/c1-12(2)15-16-13(17-3,19-12)18-11-9-7-5-4-6-8-10-14/h4-6,8H,7,9,11H2,1-3H3/b5-4+,8-6+. The highest BCUT2D eigenvalue weighted by molar-refractivity contribution is 5.11. The van der Waals surface area contributed by atoms with E-state index in [1.807, 2.05) is 18.2 Å². The average Bonchev–Trinajstić information content (AvgIpc) is 2.69. The van der Waals surface area contributed by atoms with Crippen molar-refractivity contribution in [3.05, 3.63) is 24.3 Å². The highest BCUT2D eigenvalue weighted by Gasteiger charge is 2.45. The Hall–Kier alpha value is -1.55. The summed E-state index contributed by atoms with van der Waals surface area (Å²) in [5, 5.41) is 16.1. The number of allylic oxidation sites excluding steroid dienone is 4. The first-order chi connectivity index (χ1) is 9.04. The summed E-state index contributed by atoms with van der Waals surface area (Å²) in [6, 6.07) is 1.91. The van der Waals surface area contributed by atoms with Gasteiger partial charge in [0.2, 0.25) is 0 Å². The lowest BCUT2D eigenvalue weighted by Gasteiger charge is -2.25. The fourth-order valence-corrected chi connectivity index (χ4v) is 1.41. The number of hydrogen-bond acceptors (Lipinski definition) is 6. The number of nitrogens with zero attached hydrogens (tertiary/aromatic N) is 3. The van der Waals surface area contributed by atoms with E-state index in [0.29, 0.717) is 6.61 Å². The Bertz CT molecular complexity index is 410. The molecule has 0 aromatic carbocycles. The Balaban J connectivity index is 2.26. The van der Waals surface area contributed by atoms with E-state index in [9.17, 15) is 0 Å². The minimum Gasteiger partial charge on any atom is -0.310 e. The molecule has 1 aliphatic rings. The number of unbranched alkanes of at least 4 members (excludes halogenated alkanes) is 1. The van der Waals surface area contributed by atoms with Crippen LogP contribution in [0.3, 0.4) is 0 Å². The molecule has 1 aliphatic heterocycles. The topological polar surface area (TPSA) is 76.2 Å². The second kappa shape index (κ2) is 7.14.